The zero-order chi connectivity index (χ0) is 51.3. The van der Waals surface area contributed by atoms with Crippen LogP contribution in [-0.2, 0) is 41.6 Å². The summed E-state index contributed by atoms with van der Waals surface area (Å²) in [6.07, 6.45) is -0.114. The van der Waals surface area contributed by atoms with Gasteiger partial charge in [-0.1, -0.05) is 111 Å². The molecule has 0 bridgehead atoms. The molecule has 2 atom stereocenters. The number of rotatable bonds is 19. The largest absolute Gasteiger partial charge is 0.465 e. The lowest BCUT2D eigenvalue weighted by Gasteiger charge is -2.25. The highest BCUT2D eigenvalue weighted by molar-refractivity contribution is 9.10. The average molecular weight is 989 g/mol. The number of carbonyl (C=O) groups is 6. The number of halogens is 1. The van der Waals surface area contributed by atoms with E-state index in [1.165, 1.54) is 53.9 Å². The van der Waals surface area contributed by atoms with Crippen LogP contribution in [0.25, 0.3) is 0 Å². The molecule has 0 fully saturated rings. The number of ketones is 5. The molecule has 19 heteroatoms. The molecule has 4 rings (SSSR count). The first-order chi connectivity index (χ1) is 31.3. The number of hydrogen-bond donors (Lipinski definition) is 0. The summed E-state index contributed by atoms with van der Waals surface area (Å²) in [5.41, 5.74) is -2.87. The Hall–Kier alpha value is -7.02. The van der Waals surface area contributed by atoms with E-state index in [0.717, 1.165) is 29.4 Å². The maximum atomic E-state index is 11.6. The molecule has 0 saturated heterocycles. The first kappa shape index (κ1) is 58.0. The van der Waals surface area contributed by atoms with Crippen LogP contribution in [0.2, 0.25) is 0 Å². The molecule has 0 N–H and O–H groups in total. The molecule has 0 amide bonds. The predicted molar refractivity (Wildman–Crippen MR) is 255 cm³/mol. The van der Waals surface area contributed by atoms with Crippen molar-refractivity contribution in [1.29, 1.82) is 0 Å². The van der Waals surface area contributed by atoms with Gasteiger partial charge < -0.3 is 4.74 Å². The standard InChI is InChI=1S/C14H15NO5.C12H12BrNO3.C12H15NO2.C10H12N2O3/c1-9(16)14(15-19,10(2)17)8-11-4-6-12(7-5-11)13(18)20-3;1-8(15)12(14-17,9(2)16)7-10-3-5-11(13)6-4-10;1-9(14)11(12(2,3)13-15)10-7-5-4-6-8-10;1-10(2,11-13)9(12(14)15)8-6-4-3-5-7-8/h4-7H,8H2,1-3H3;3-6H,7H2,1-2H3;4-8,11H,1-3H3;3-7,9H,1-2H3. The quantitative estimate of drug-likeness (QED) is 0.0278. The van der Waals surface area contributed by atoms with Crippen molar-refractivity contribution in [2.45, 2.75) is 109 Å². The summed E-state index contributed by atoms with van der Waals surface area (Å²) < 4.78 is 5.44. The Morgan fingerprint density at radius 2 is 0.925 bits per heavy atom. The second-order valence-electron chi connectivity index (χ2n) is 16.3. The van der Waals surface area contributed by atoms with Gasteiger partial charge in [0.2, 0.25) is 11.1 Å². The van der Waals surface area contributed by atoms with E-state index in [1.807, 2.05) is 30.3 Å². The van der Waals surface area contributed by atoms with E-state index >= 15 is 0 Å². The number of esters is 1. The number of nitro groups is 1. The maximum Gasteiger partial charge on any atom is 0.337 e. The first-order valence-corrected chi connectivity index (χ1v) is 21.1. The van der Waals surface area contributed by atoms with E-state index in [2.05, 4.69) is 41.4 Å². The van der Waals surface area contributed by atoms with Crippen molar-refractivity contribution < 1.29 is 38.4 Å². The molecule has 67 heavy (non-hydrogen) atoms. The summed E-state index contributed by atoms with van der Waals surface area (Å²) in [5, 5.41) is 22.3. The fourth-order valence-corrected chi connectivity index (χ4v) is 6.96. The highest BCUT2D eigenvalue weighted by Gasteiger charge is 2.44. The van der Waals surface area contributed by atoms with Gasteiger partial charge in [0, 0.05) is 27.8 Å². The van der Waals surface area contributed by atoms with Gasteiger partial charge in [0.15, 0.2) is 28.7 Å². The number of Topliss-reactive ketones (excluding diaryl/α,β-unsaturated/α-hetero) is 5. The SMILES string of the molecule is CC(=O)C(Cc1ccc(Br)cc1)(N=O)C(C)=O.CC(=O)C(c1ccccc1)C(C)(C)N=O.CC(C)(N=O)C(c1ccccc1)[N+](=O)[O-].COC(=O)c1ccc(CC(N=O)(C(C)=O)C(C)=O)cc1. The minimum atomic E-state index is -1.90. The minimum Gasteiger partial charge on any atom is -0.465 e. The molecule has 0 heterocycles. The van der Waals surface area contributed by atoms with Crippen LogP contribution in [0.4, 0.5) is 0 Å². The highest BCUT2D eigenvalue weighted by atomic mass is 79.9. The van der Waals surface area contributed by atoms with Crippen LogP contribution < -0.4 is 0 Å². The average Bonchev–Trinajstić information content (AvgIpc) is 3.28. The number of nitroso groups, excluding NO2 is 4. The number of benzene rings is 4. The molecule has 18 nitrogen and oxygen atoms in total. The fraction of sp³-hybridized carbons (Fsp3) is 0.375. The fourth-order valence-electron chi connectivity index (χ4n) is 6.70. The van der Waals surface area contributed by atoms with E-state index in [0.29, 0.717) is 16.7 Å². The monoisotopic (exact) mass is 987 g/mol. The van der Waals surface area contributed by atoms with Crippen molar-refractivity contribution in [2.75, 3.05) is 7.11 Å². The van der Waals surface area contributed by atoms with E-state index < -0.39 is 68.1 Å². The third-order valence-corrected chi connectivity index (χ3v) is 11.1. The number of ether oxygens (including phenoxy) is 1. The lowest BCUT2D eigenvalue weighted by atomic mass is 9.80. The Morgan fingerprint density at radius 3 is 1.22 bits per heavy atom. The van der Waals surface area contributed by atoms with Crippen molar-refractivity contribution in [1.82, 2.24) is 0 Å². The summed E-state index contributed by atoms with van der Waals surface area (Å²) in [6.45, 7) is 12.5. The number of methoxy groups -OCH3 is 1. The third kappa shape index (κ3) is 16.1. The van der Waals surface area contributed by atoms with Crippen molar-refractivity contribution in [2.24, 2.45) is 20.7 Å². The second kappa shape index (κ2) is 26.2. The normalized spacial score (nSPS) is 11.9. The summed E-state index contributed by atoms with van der Waals surface area (Å²) in [7, 11) is 1.27. The summed E-state index contributed by atoms with van der Waals surface area (Å²) in [5.74, 6) is -3.24. The van der Waals surface area contributed by atoms with Crippen LogP contribution in [0, 0.1) is 29.7 Å². The molecular weight excluding hydrogens is 934 g/mol. The van der Waals surface area contributed by atoms with Gasteiger partial charge in [-0.25, -0.2) is 4.79 Å². The van der Waals surface area contributed by atoms with E-state index in [9.17, 15) is 58.5 Å². The van der Waals surface area contributed by atoms with E-state index in [4.69, 9.17) is 0 Å². The zero-order valence-corrected chi connectivity index (χ0v) is 40.5. The Bertz CT molecular complexity index is 2290. The zero-order valence-electron chi connectivity index (χ0n) is 38.9. The molecular formula is C48H54BrN5O13. The van der Waals surface area contributed by atoms with Crippen LogP contribution in [0.15, 0.2) is 134 Å². The van der Waals surface area contributed by atoms with Gasteiger partial charge in [-0.15, -0.1) is 14.7 Å². The van der Waals surface area contributed by atoms with Crippen LogP contribution in [0.1, 0.15) is 107 Å². The predicted octanol–water partition coefficient (Wildman–Crippen LogP) is 9.83. The Balaban J connectivity index is 0.000000450. The summed E-state index contributed by atoms with van der Waals surface area (Å²) in [4.78, 5) is 123. The molecule has 0 radical (unpaired) electrons. The lowest BCUT2D eigenvalue weighted by molar-refractivity contribution is -0.538. The van der Waals surface area contributed by atoms with Gasteiger partial charge in [0.05, 0.1) is 18.6 Å². The molecule has 2 unspecified atom stereocenters. The smallest absolute Gasteiger partial charge is 0.337 e. The maximum absolute atomic E-state index is 11.6. The van der Waals surface area contributed by atoms with Gasteiger partial charge in [0.25, 0.3) is 6.04 Å². The second-order valence-corrected chi connectivity index (χ2v) is 17.3. The number of nitrogens with zero attached hydrogens (tertiary/aromatic N) is 5. The number of carbonyl (C=O) groups excluding carboxylic acids is 6. The van der Waals surface area contributed by atoms with Crippen molar-refractivity contribution in [3.63, 3.8) is 0 Å². The lowest BCUT2D eigenvalue weighted by Crippen LogP contribution is -2.44. The topological polar surface area (TPSA) is 273 Å². The van der Waals surface area contributed by atoms with Gasteiger partial charge in [-0.2, -0.15) is 4.91 Å². The van der Waals surface area contributed by atoms with Crippen LogP contribution in [0.5, 0.6) is 0 Å². The van der Waals surface area contributed by atoms with Gasteiger partial charge in [0.1, 0.15) is 11.3 Å². The Kier molecular flexibility index (Phi) is 22.7. The molecule has 356 valence electrons. The molecule has 0 aliphatic rings. The molecule has 0 aliphatic carbocycles. The van der Waals surface area contributed by atoms with Crippen LogP contribution in [-0.4, -0.2) is 69.1 Å². The molecule has 0 spiro atoms. The van der Waals surface area contributed by atoms with Crippen molar-refractivity contribution in [3.05, 3.63) is 171 Å². The number of hydrogen-bond acceptors (Lipinski definition) is 17. The molecule has 4 aromatic rings. The van der Waals surface area contributed by atoms with Crippen LogP contribution >= 0.6 is 15.9 Å². The Labute approximate surface area is 396 Å². The summed E-state index contributed by atoms with van der Waals surface area (Å²) in [6, 6.07) is 29.8. The Morgan fingerprint density at radius 1 is 0.567 bits per heavy atom. The van der Waals surface area contributed by atoms with Gasteiger partial charge in [-0.05, 0) is 114 Å². The third-order valence-electron chi connectivity index (χ3n) is 10.6. The van der Waals surface area contributed by atoms with E-state index in [1.54, 1.807) is 80.6 Å². The summed E-state index contributed by atoms with van der Waals surface area (Å²) >= 11 is 3.28. The molecule has 0 saturated carbocycles. The van der Waals surface area contributed by atoms with Crippen molar-refractivity contribution in [3.8, 4) is 0 Å². The molecule has 0 aliphatic heterocycles. The molecule has 0 aromatic heterocycles. The van der Waals surface area contributed by atoms with Gasteiger partial charge in [-0.3, -0.25) is 34.1 Å². The minimum absolute atomic E-state index is 0.00838. The van der Waals surface area contributed by atoms with E-state index in [-0.39, 0.29) is 18.6 Å². The molecule has 4 aromatic carbocycles. The van der Waals surface area contributed by atoms with Gasteiger partial charge >= 0.3 is 5.97 Å². The first-order valence-electron chi connectivity index (χ1n) is 20.3. The highest BCUT2D eigenvalue weighted by Crippen LogP contribution is 2.33. The van der Waals surface area contributed by atoms with Crippen LogP contribution in [0.3, 0.4) is 0 Å². The van der Waals surface area contributed by atoms with Crippen molar-refractivity contribution >= 4 is 50.8 Å².